The Hall–Kier alpha value is -1.09. The zero-order chi connectivity index (χ0) is 13.2. The standard InChI is InChI=1S/C14H24N2O/c1-7-14(4,5)16(6)13-12(9-17)10(2)8-11(3)15-13/h8,17H,7,9H2,1-6H3. The van der Waals surface area contributed by atoms with Gasteiger partial charge >= 0.3 is 0 Å². The van der Waals surface area contributed by atoms with E-state index in [4.69, 9.17) is 0 Å². The molecule has 0 fully saturated rings. The Kier molecular flexibility index (Phi) is 4.15. The topological polar surface area (TPSA) is 36.4 Å². The average Bonchev–Trinajstić information content (AvgIpc) is 2.27. The molecule has 3 nitrogen and oxygen atoms in total. The average molecular weight is 236 g/mol. The van der Waals surface area contributed by atoms with Crippen LogP contribution < -0.4 is 4.90 Å². The molecule has 0 radical (unpaired) electrons. The Bertz CT molecular complexity index is 399. The maximum Gasteiger partial charge on any atom is 0.134 e. The van der Waals surface area contributed by atoms with Crippen LogP contribution in [0.4, 0.5) is 5.82 Å². The van der Waals surface area contributed by atoms with Crippen LogP contribution in [0, 0.1) is 13.8 Å². The SMILES string of the molecule is CCC(C)(C)N(C)c1nc(C)cc(C)c1CO. The second-order valence-corrected chi connectivity index (χ2v) is 5.27. The second kappa shape index (κ2) is 5.05. The summed E-state index contributed by atoms with van der Waals surface area (Å²) >= 11 is 0. The Balaban J connectivity index is 3.30. The first-order valence-corrected chi connectivity index (χ1v) is 6.15. The number of hydrogen-bond acceptors (Lipinski definition) is 3. The van der Waals surface area contributed by atoms with Gasteiger partial charge in [0.15, 0.2) is 0 Å². The molecule has 0 aromatic carbocycles. The lowest BCUT2D eigenvalue weighted by atomic mass is 9.98. The van der Waals surface area contributed by atoms with Gasteiger partial charge in [-0.25, -0.2) is 4.98 Å². The summed E-state index contributed by atoms with van der Waals surface area (Å²) in [5.74, 6) is 0.900. The molecule has 1 aromatic rings. The van der Waals surface area contributed by atoms with Crippen LogP contribution in [0.3, 0.4) is 0 Å². The number of anilines is 1. The minimum Gasteiger partial charge on any atom is -0.392 e. The van der Waals surface area contributed by atoms with E-state index in [9.17, 15) is 5.11 Å². The number of aromatic nitrogens is 1. The number of rotatable bonds is 4. The Morgan fingerprint density at radius 1 is 1.35 bits per heavy atom. The minimum atomic E-state index is 0.0388. The molecule has 96 valence electrons. The van der Waals surface area contributed by atoms with Gasteiger partial charge in [-0.15, -0.1) is 0 Å². The van der Waals surface area contributed by atoms with Crippen LogP contribution in [0.5, 0.6) is 0 Å². The molecule has 0 saturated carbocycles. The van der Waals surface area contributed by atoms with Gasteiger partial charge in [-0.1, -0.05) is 6.92 Å². The normalized spacial score (nSPS) is 11.7. The number of aryl methyl sites for hydroxylation is 2. The van der Waals surface area contributed by atoms with Gasteiger partial charge in [0.1, 0.15) is 5.82 Å². The van der Waals surface area contributed by atoms with Gasteiger partial charge in [0.25, 0.3) is 0 Å². The maximum atomic E-state index is 9.51. The van der Waals surface area contributed by atoms with Gasteiger partial charge in [-0.2, -0.15) is 0 Å². The van der Waals surface area contributed by atoms with Crippen LogP contribution in [0.25, 0.3) is 0 Å². The van der Waals surface area contributed by atoms with Gasteiger partial charge in [-0.05, 0) is 45.7 Å². The minimum absolute atomic E-state index is 0.0388. The first kappa shape index (κ1) is 14.0. The van der Waals surface area contributed by atoms with Crippen LogP contribution in [-0.2, 0) is 6.61 Å². The lowest BCUT2D eigenvalue weighted by Crippen LogP contribution is -2.41. The van der Waals surface area contributed by atoms with Crippen LogP contribution in [0.2, 0.25) is 0 Å². The van der Waals surface area contributed by atoms with E-state index < -0.39 is 0 Å². The highest BCUT2D eigenvalue weighted by Crippen LogP contribution is 2.28. The fourth-order valence-electron chi connectivity index (χ4n) is 1.84. The zero-order valence-corrected chi connectivity index (χ0v) is 11.8. The molecule has 1 rings (SSSR count). The van der Waals surface area contributed by atoms with Crippen LogP contribution >= 0.6 is 0 Å². The molecule has 0 bridgehead atoms. The summed E-state index contributed by atoms with van der Waals surface area (Å²) < 4.78 is 0. The largest absolute Gasteiger partial charge is 0.392 e. The summed E-state index contributed by atoms with van der Waals surface area (Å²) in [6.07, 6.45) is 1.03. The summed E-state index contributed by atoms with van der Waals surface area (Å²) in [4.78, 5) is 6.75. The molecule has 0 aliphatic heterocycles. The molecule has 1 heterocycles. The second-order valence-electron chi connectivity index (χ2n) is 5.27. The van der Waals surface area contributed by atoms with E-state index in [0.29, 0.717) is 0 Å². The maximum absolute atomic E-state index is 9.51. The highest BCUT2D eigenvalue weighted by Gasteiger charge is 2.25. The van der Waals surface area contributed by atoms with Crippen molar-refractivity contribution in [3.8, 4) is 0 Å². The summed E-state index contributed by atoms with van der Waals surface area (Å²) in [5, 5.41) is 9.51. The number of nitrogens with zero attached hydrogens (tertiary/aromatic N) is 2. The quantitative estimate of drug-likeness (QED) is 0.873. The number of pyridine rings is 1. The summed E-state index contributed by atoms with van der Waals surface area (Å²) in [5.41, 5.74) is 3.07. The van der Waals surface area contributed by atoms with Crippen LogP contribution in [0.1, 0.15) is 44.0 Å². The first-order valence-electron chi connectivity index (χ1n) is 6.15. The van der Waals surface area contributed by atoms with Gasteiger partial charge in [-0.3, -0.25) is 0 Å². The fraction of sp³-hybridized carbons (Fsp3) is 0.643. The number of aliphatic hydroxyl groups is 1. The van der Waals surface area contributed by atoms with E-state index >= 15 is 0 Å². The van der Waals surface area contributed by atoms with E-state index in [0.717, 1.165) is 29.1 Å². The van der Waals surface area contributed by atoms with Crippen molar-refractivity contribution in [2.24, 2.45) is 0 Å². The predicted octanol–water partition coefficient (Wildman–Crippen LogP) is 2.82. The van der Waals surface area contributed by atoms with Crippen molar-refractivity contribution in [2.45, 2.75) is 53.2 Å². The van der Waals surface area contributed by atoms with Crippen molar-refractivity contribution in [3.05, 3.63) is 22.9 Å². The lowest BCUT2D eigenvalue weighted by Gasteiger charge is -2.37. The third-order valence-corrected chi connectivity index (χ3v) is 3.70. The van der Waals surface area contributed by atoms with E-state index in [1.165, 1.54) is 0 Å². The molecule has 0 aliphatic carbocycles. The fourth-order valence-corrected chi connectivity index (χ4v) is 1.84. The van der Waals surface area contributed by atoms with E-state index in [-0.39, 0.29) is 12.1 Å². The van der Waals surface area contributed by atoms with Crippen molar-refractivity contribution in [3.63, 3.8) is 0 Å². The molecule has 3 heteroatoms. The van der Waals surface area contributed by atoms with Gasteiger partial charge in [0, 0.05) is 23.8 Å². The molecule has 0 aliphatic rings. The Morgan fingerprint density at radius 3 is 2.41 bits per heavy atom. The molecule has 0 amide bonds. The van der Waals surface area contributed by atoms with E-state index in [2.05, 4.69) is 30.7 Å². The third kappa shape index (κ3) is 2.78. The van der Waals surface area contributed by atoms with Crippen LogP contribution in [-0.4, -0.2) is 22.7 Å². The highest BCUT2D eigenvalue weighted by molar-refractivity contribution is 5.52. The molecule has 17 heavy (non-hydrogen) atoms. The molecule has 1 N–H and O–H groups in total. The third-order valence-electron chi connectivity index (χ3n) is 3.70. The monoisotopic (exact) mass is 236 g/mol. The molecule has 0 spiro atoms. The molecular formula is C14H24N2O. The van der Waals surface area contributed by atoms with Crippen molar-refractivity contribution < 1.29 is 5.11 Å². The van der Waals surface area contributed by atoms with Gasteiger partial charge in [0.05, 0.1) is 6.61 Å². The van der Waals surface area contributed by atoms with Crippen molar-refractivity contribution in [1.82, 2.24) is 4.98 Å². The van der Waals surface area contributed by atoms with E-state index in [1.807, 2.05) is 27.0 Å². The van der Waals surface area contributed by atoms with Crippen LogP contribution in [0.15, 0.2) is 6.07 Å². The van der Waals surface area contributed by atoms with E-state index in [1.54, 1.807) is 0 Å². The van der Waals surface area contributed by atoms with Crippen molar-refractivity contribution >= 4 is 5.82 Å². The van der Waals surface area contributed by atoms with Gasteiger partial charge < -0.3 is 10.0 Å². The summed E-state index contributed by atoms with van der Waals surface area (Å²) in [7, 11) is 2.05. The number of aliphatic hydroxyl groups excluding tert-OH is 1. The van der Waals surface area contributed by atoms with Crippen molar-refractivity contribution in [1.29, 1.82) is 0 Å². The van der Waals surface area contributed by atoms with Crippen molar-refractivity contribution in [2.75, 3.05) is 11.9 Å². The highest BCUT2D eigenvalue weighted by atomic mass is 16.3. The van der Waals surface area contributed by atoms with Gasteiger partial charge in [0.2, 0.25) is 0 Å². The molecular weight excluding hydrogens is 212 g/mol. The lowest BCUT2D eigenvalue weighted by molar-refractivity contribution is 0.280. The molecule has 0 atom stereocenters. The first-order chi connectivity index (χ1) is 7.83. The number of hydrogen-bond donors (Lipinski definition) is 1. The molecule has 1 aromatic heterocycles. The Morgan fingerprint density at radius 2 is 1.94 bits per heavy atom. The smallest absolute Gasteiger partial charge is 0.134 e. The predicted molar refractivity (Wildman–Crippen MR) is 72.4 cm³/mol. The molecule has 0 unspecified atom stereocenters. The molecule has 0 saturated heterocycles. The zero-order valence-electron chi connectivity index (χ0n) is 11.8. The Labute approximate surface area is 104 Å². The summed E-state index contributed by atoms with van der Waals surface area (Å²) in [6.45, 7) is 10.6. The summed E-state index contributed by atoms with van der Waals surface area (Å²) in [6, 6.07) is 2.02.